The maximum Gasteiger partial charge on any atom is 0.272 e. The van der Waals surface area contributed by atoms with Crippen molar-refractivity contribution in [3.8, 4) is 0 Å². The van der Waals surface area contributed by atoms with Gasteiger partial charge < -0.3 is 10.2 Å². The minimum atomic E-state index is -1.22. The normalized spacial score (nSPS) is 15.8. The smallest absolute Gasteiger partial charge is 0.272 e. The van der Waals surface area contributed by atoms with Gasteiger partial charge in [0.15, 0.2) is 0 Å². The first-order valence-corrected chi connectivity index (χ1v) is 9.59. The average Bonchev–Trinajstić information content (AvgIpc) is 2.85. The number of rotatable bonds is 3. The van der Waals surface area contributed by atoms with Crippen molar-refractivity contribution in [3.63, 3.8) is 0 Å². The summed E-state index contributed by atoms with van der Waals surface area (Å²) in [5.41, 5.74) is 2.05. The van der Waals surface area contributed by atoms with Gasteiger partial charge in [-0.25, -0.2) is 9.38 Å². The Morgan fingerprint density at radius 2 is 1.63 bits per heavy atom. The summed E-state index contributed by atoms with van der Waals surface area (Å²) in [4.78, 5) is 31.7. The Balaban J connectivity index is 1.80. The molecule has 1 aliphatic rings. The van der Waals surface area contributed by atoms with Crippen LogP contribution < -0.4 is 10.2 Å². The molecule has 2 amide bonds. The summed E-state index contributed by atoms with van der Waals surface area (Å²) in [6, 6.07) is 19.6. The third kappa shape index (κ3) is 3.69. The number of nitrogens with zero attached hydrogens (tertiary/aromatic N) is 2. The summed E-state index contributed by atoms with van der Waals surface area (Å²) in [6.07, 6.45) is -1.22. The minimum Gasteiger partial charge on any atom is -0.322 e. The number of carbonyl (C=O) groups is 2. The van der Waals surface area contributed by atoms with E-state index in [0.29, 0.717) is 27.5 Å². The summed E-state index contributed by atoms with van der Waals surface area (Å²) in [7, 11) is 1.60. The van der Waals surface area contributed by atoms with E-state index >= 15 is 0 Å². The first kappa shape index (κ1) is 19.8. The van der Waals surface area contributed by atoms with Gasteiger partial charge in [-0.05, 0) is 42.5 Å². The van der Waals surface area contributed by atoms with E-state index in [9.17, 15) is 14.0 Å². The molecule has 0 saturated heterocycles. The molecule has 0 radical (unpaired) electrons. The standard InChI is InChI=1S/C23H17ClFN3O2/c1-28-19-9-5-3-7-17(19)20(16-6-2-4-8-18(16)25)26-21(23(28)30)27-22(29)14-10-12-15(24)13-11-14/h2-13,21H,1H3,(H,27,29). The maximum atomic E-state index is 14.6. The second-order valence-corrected chi connectivity index (χ2v) is 7.19. The zero-order valence-corrected chi connectivity index (χ0v) is 16.7. The Morgan fingerprint density at radius 1 is 1.00 bits per heavy atom. The molecule has 1 atom stereocenters. The molecule has 1 N–H and O–H groups in total. The molecule has 1 unspecified atom stereocenters. The molecule has 4 rings (SSSR count). The maximum absolute atomic E-state index is 14.6. The third-order valence-corrected chi connectivity index (χ3v) is 5.10. The first-order chi connectivity index (χ1) is 14.5. The number of carbonyl (C=O) groups excluding carboxylic acids is 2. The van der Waals surface area contributed by atoms with Crippen LogP contribution in [0.3, 0.4) is 0 Å². The Labute approximate surface area is 177 Å². The second kappa shape index (κ2) is 8.08. The van der Waals surface area contributed by atoms with Gasteiger partial charge in [-0.3, -0.25) is 9.59 Å². The monoisotopic (exact) mass is 421 g/mol. The lowest BCUT2D eigenvalue weighted by atomic mass is 10.00. The average molecular weight is 422 g/mol. The van der Waals surface area contributed by atoms with Gasteiger partial charge in [-0.2, -0.15) is 0 Å². The Morgan fingerprint density at radius 3 is 2.33 bits per heavy atom. The van der Waals surface area contributed by atoms with Gasteiger partial charge in [-0.15, -0.1) is 0 Å². The predicted octanol–water partition coefficient (Wildman–Crippen LogP) is 4.05. The molecule has 0 fully saturated rings. The number of benzene rings is 3. The van der Waals surface area contributed by atoms with Crippen molar-refractivity contribution in [2.75, 3.05) is 11.9 Å². The summed E-state index contributed by atoms with van der Waals surface area (Å²) in [5.74, 6) is -1.39. The summed E-state index contributed by atoms with van der Waals surface area (Å²) in [5, 5.41) is 3.14. The van der Waals surface area contributed by atoms with Crippen LogP contribution in [0.5, 0.6) is 0 Å². The Bertz CT molecular complexity index is 1160. The number of benzodiazepines with no additional fused rings is 1. The fourth-order valence-corrected chi connectivity index (χ4v) is 3.42. The molecular weight excluding hydrogens is 405 g/mol. The van der Waals surface area contributed by atoms with Crippen molar-refractivity contribution in [2.45, 2.75) is 6.17 Å². The molecule has 0 spiro atoms. The lowest BCUT2D eigenvalue weighted by molar-refractivity contribution is -0.119. The SMILES string of the molecule is CN1C(=O)C(NC(=O)c2ccc(Cl)cc2)N=C(c2ccccc2F)c2ccccc21. The topological polar surface area (TPSA) is 61.8 Å². The van der Waals surface area contributed by atoms with E-state index in [1.807, 2.05) is 0 Å². The van der Waals surface area contributed by atoms with Gasteiger partial charge in [0.1, 0.15) is 5.82 Å². The quantitative estimate of drug-likeness (QED) is 0.693. The molecular formula is C23H17ClFN3O2. The van der Waals surface area contributed by atoms with Crippen LogP contribution in [0.15, 0.2) is 77.8 Å². The van der Waals surface area contributed by atoms with Crippen molar-refractivity contribution >= 4 is 34.8 Å². The van der Waals surface area contributed by atoms with Crippen molar-refractivity contribution < 1.29 is 14.0 Å². The number of hydrogen-bond donors (Lipinski definition) is 1. The molecule has 3 aromatic rings. The number of halogens is 2. The van der Waals surface area contributed by atoms with Crippen molar-refractivity contribution in [1.29, 1.82) is 0 Å². The van der Waals surface area contributed by atoms with Crippen LogP contribution in [-0.4, -0.2) is 30.7 Å². The van der Waals surface area contributed by atoms with Crippen molar-refractivity contribution in [1.82, 2.24) is 5.32 Å². The van der Waals surface area contributed by atoms with Crippen LogP contribution in [0.1, 0.15) is 21.5 Å². The van der Waals surface area contributed by atoms with Crippen molar-refractivity contribution in [3.05, 3.63) is 100 Å². The van der Waals surface area contributed by atoms with E-state index in [1.54, 1.807) is 73.8 Å². The highest BCUT2D eigenvalue weighted by molar-refractivity contribution is 6.30. The number of anilines is 1. The molecule has 7 heteroatoms. The van der Waals surface area contributed by atoms with Gasteiger partial charge in [0.25, 0.3) is 11.8 Å². The lowest BCUT2D eigenvalue weighted by Gasteiger charge is -2.20. The fourth-order valence-electron chi connectivity index (χ4n) is 3.29. The zero-order valence-electron chi connectivity index (χ0n) is 16.0. The molecule has 1 heterocycles. The van der Waals surface area contributed by atoms with Gasteiger partial charge in [0, 0.05) is 28.8 Å². The Hall–Kier alpha value is -3.51. The van der Waals surface area contributed by atoms with Gasteiger partial charge in [0.05, 0.1) is 11.4 Å². The highest BCUT2D eigenvalue weighted by Gasteiger charge is 2.31. The fraction of sp³-hybridized carbons (Fsp3) is 0.0870. The summed E-state index contributed by atoms with van der Waals surface area (Å²) >= 11 is 5.88. The molecule has 3 aromatic carbocycles. The zero-order chi connectivity index (χ0) is 21.3. The number of aliphatic imine (C=N–C) groups is 1. The van der Waals surface area contributed by atoms with Crippen LogP contribution in [-0.2, 0) is 4.79 Å². The van der Waals surface area contributed by atoms with E-state index < -0.39 is 23.8 Å². The molecule has 0 aromatic heterocycles. The summed E-state index contributed by atoms with van der Waals surface area (Å²) in [6.45, 7) is 0. The number of amides is 2. The summed E-state index contributed by atoms with van der Waals surface area (Å²) < 4.78 is 14.6. The highest BCUT2D eigenvalue weighted by atomic mass is 35.5. The van der Waals surface area contributed by atoms with E-state index in [-0.39, 0.29) is 5.56 Å². The highest BCUT2D eigenvalue weighted by Crippen LogP contribution is 2.28. The van der Waals surface area contributed by atoms with E-state index in [0.717, 1.165) is 0 Å². The van der Waals surface area contributed by atoms with Crippen LogP contribution >= 0.6 is 11.6 Å². The van der Waals surface area contributed by atoms with Crippen molar-refractivity contribution in [2.24, 2.45) is 4.99 Å². The second-order valence-electron chi connectivity index (χ2n) is 6.75. The number of para-hydroxylation sites is 1. The van der Waals surface area contributed by atoms with Gasteiger partial charge >= 0.3 is 0 Å². The Kier molecular flexibility index (Phi) is 5.33. The molecule has 0 saturated carbocycles. The van der Waals surface area contributed by atoms with E-state index in [4.69, 9.17) is 11.6 Å². The molecule has 30 heavy (non-hydrogen) atoms. The molecule has 0 bridgehead atoms. The van der Waals surface area contributed by atoms with E-state index in [2.05, 4.69) is 10.3 Å². The number of fused-ring (bicyclic) bond motifs is 1. The van der Waals surface area contributed by atoms with Gasteiger partial charge in [0.2, 0.25) is 6.17 Å². The number of hydrogen-bond acceptors (Lipinski definition) is 3. The van der Waals surface area contributed by atoms with Crippen LogP contribution in [0.4, 0.5) is 10.1 Å². The number of nitrogens with one attached hydrogen (secondary N) is 1. The molecule has 5 nitrogen and oxygen atoms in total. The molecule has 0 aliphatic carbocycles. The third-order valence-electron chi connectivity index (χ3n) is 4.85. The largest absolute Gasteiger partial charge is 0.322 e. The molecule has 1 aliphatic heterocycles. The number of likely N-dealkylation sites (N-methyl/N-ethyl adjacent to an activating group) is 1. The minimum absolute atomic E-state index is 0.249. The molecule has 150 valence electrons. The lowest BCUT2D eigenvalue weighted by Crippen LogP contribution is -2.46. The van der Waals surface area contributed by atoms with Gasteiger partial charge in [-0.1, -0.05) is 41.9 Å². The van der Waals surface area contributed by atoms with Crippen LogP contribution in [0.2, 0.25) is 5.02 Å². The first-order valence-electron chi connectivity index (χ1n) is 9.22. The predicted molar refractivity (Wildman–Crippen MR) is 115 cm³/mol. The van der Waals surface area contributed by atoms with E-state index in [1.165, 1.54) is 11.0 Å². The van der Waals surface area contributed by atoms with Crippen LogP contribution in [0.25, 0.3) is 0 Å². The van der Waals surface area contributed by atoms with Crippen LogP contribution in [0, 0.1) is 5.82 Å².